The molecule has 1 aliphatic rings. The maximum atomic E-state index is 12.8. The summed E-state index contributed by atoms with van der Waals surface area (Å²) in [7, 11) is 0. The summed E-state index contributed by atoms with van der Waals surface area (Å²) in [6, 6.07) is 9.66. The van der Waals surface area contributed by atoms with E-state index in [0.29, 0.717) is 12.5 Å². The third kappa shape index (κ3) is 2.06. The minimum absolute atomic E-state index is 0.0726. The van der Waals surface area contributed by atoms with Gasteiger partial charge in [0.2, 0.25) is 0 Å². The number of fused-ring (bicyclic) bond motifs is 1. The van der Waals surface area contributed by atoms with Gasteiger partial charge in [0.1, 0.15) is 0 Å². The highest BCUT2D eigenvalue weighted by atomic mass is 16.2. The number of rotatable bonds is 2. The van der Waals surface area contributed by atoms with Crippen molar-refractivity contribution < 1.29 is 4.79 Å². The molecule has 1 fully saturated rings. The van der Waals surface area contributed by atoms with Gasteiger partial charge in [0, 0.05) is 36.3 Å². The van der Waals surface area contributed by atoms with Gasteiger partial charge in [-0.2, -0.15) is 0 Å². The van der Waals surface area contributed by atoms with Crippen LogP contribution in [0.3, 0.4) is 0 Å². The lowest BCUT2D eigenvalue weighted by atomic mass is 10.0. The Kier molecular flexibility index (Phi) is 3.40. The molecule has 3 rings (SSSR count). The van der Waals surface area contributed by atoms with Crippen molar-refractivity contribution in [1.82, 2.24) is 9.88 Å². The molecular formula is C16H19N3O. The van der Waals surface area contributed by atoms with Crippen molar-refractivity contribution in [2.75, 3.05) is 13.1 Å². The highest BCUT2D eigenvalue weighted by molar-refractivity contribution is 6.06. The first kappa shape index (κ1) is 13.1. The van der Waals surface area contributed by atoms with Crippen LogP contribution in [0.25, 0.3) is 10.9 Å². The lowest BCUT2D eigenvalue weighted by Gasteiger charge is -2.26. The Morgan fingerprint density at radius 3 is 3.05 bits per heavy atom. The van der Waals surface area contributed by atoms with E-state index in [1.807, 2.05) is 35.2 Å². The Morgan fingerprint density at radius 2 is 2.25 bits per heavy atom. The summed E-state index contributed by atoms with van der Waals surface area (Å²) < 4.78 is 0. The predicted octanol–water partition coefficient (Wildman–Crippen LogP) is 2.04. The van der Waals surface area contributed by atoms with Crippen LogP contribution in [0.2, 0.25) is 0 Å². The zero-order valence-corrected chi connectivity index (χ0v) is 11.6. The minimum atomic E-state index is 0.0726. The molecular weight excluding hydrogens is 250 g/mol. The normalized spacial score (nSPS) is 22.4. The molecule has 2 atom stereocenters. The monoisotopic (exact) mass is 269 g/mol. The number of nitrogens with zero attached hydrogens (tertiary/aromatic N) is 2. The third-order valence-corrected chi connectivity index (χ3v) is 4.26. The summed E-state index contributed by atoms with van der Waals surface area (Å²) in [5, 5.41) is 0.912. The molecule has 1 aliphatic heterocycles. The summed E-state index contributed by atoms with van der Waals surface area (Å²) in [4.78, 5) is 19.1. The second-order valence-corrected chi connectivity index (χ2v) is 5.44. The number of carbonyl (C=O) groups excluding carboxylic acids is 1. The van der Waals surface area contributed by atoms with Gasteiger partial charge in [-0.15, -0.1) is 0 Å². The molecule has 1 aromatic heterocycles. The second-order valence-electron chi connectivity index (χ2n) is 5.44. The topological polar surface area (TPSA) is 59.2 Å². The number of aromatic nitrogens is 1. The van der Waals surface area contributed by atoms with E-state index in [0.717, 1.165) is 29.4 Å². The first-order chi connectivity index (χ1) is 9.72. The van der Waals surface area contributed by atoms with Gasteiger partial charge in [-0.05, 0) is 30.5 Å². The number of nitrogens with two attached hydrogens (primary N) is 1. The summed E-state index contributed by atoms with van der Waals surface area (Å²) >= 11 is 0. The van der Waals surface area contributed by atoms with Crippen LogP contribution in [-0.2, 0) is 0 Å². The molecule has 0 saturated carbocycles. The number of amides is 1. The summed E-state index contributed by atoms with van der Waals surface area (Å²) in [6.45, 7) is 3.48. The molecule has 0 bridgehead atoms. The van der Waals surface area contributed by atoms with Crippen molar-refractivity contribution in [2.45, 2.75) is 19.4 Å². The van der Waals surface area contributed by atoms with E-state index >= 15 is 0 Å². The van der Waals surface area contributed by atoms with E-state index in [4.69, 9.17) is 5.73 Å². The van der Waals surface area contributed by atoms with E-state index in [2.05, 4.69) is 11.9 Å². The molecule has 0 radical (unpaired) electrons. The number of hydrogen-bond donors (Lipinski definition) is 1. The van der Waals surface area contributed by atoms with Gasteiger partial charge in [0.25, 0.3) is 5.91 Å². The van der Waals surface area contributed by atoms with Crippen molar-refractivity contribution >= 4 is 16.8 Å². The zero-order valence-electron chi connectivity index (χ0n) is 11.6. The Balaban J connectivity index is 2.01. The van der Waals surface area contributed by atoms with Crippen molar-refractivity contribution in [1.29, 1.82) is 0 Å². The fraction of sp³-hybridized carbons (Fsp3) is 0.375. The largest absolute Gasteiger partial charge is 0.334 e. The smallest absolute Gasteiger partial charge is 0.254 e. The van der Waals surface area contributed by atoms with Gasteiger partial charge < -0.3 is 10.6 Å². The third-order valence-electron chi connectivity index (χ3n) is 4.26. The van der Waals surface area contributed by atoms with E-state index in [1.54, 1.807) is 6.20 Å². The highest BCUT2D eigenvalue weighted by Crippen LogP contribution is 2.27. The van der Waals surface area contributed by atoms with Crippen LogP contribution in [0.5, 0.6) is 0 Å². The van der Waals surface area contributed by atoms with Gasteiger partial charge in [-0.1, -0.05) is 19.1 Å². The Hall–Kier alpha value is -1.94. The maximum absolute atomic E-state index is 12.8. The van der Waals surface area contributed by atoms with Crippen molar-refractivity contribution in [3.8, 4) is 0 Å². The number of benzene rings is 1. The van der Waals surface area contributed by atoms with Crippen molar-refractivity contribution in [3.63, 3.8) is 0 Å². The van der Waals surface area contributed by atoms with E-state index in [9.17, 15) is 4.79 Å². The average Bonchev–Trinajstić information content (AvgIpc) is 2.86. The van der Waals surface area contributed by atoms with Crippen LogP contribution in [0, 0.1) is 5.92 Å². The molecule has 2 heterocycles. The molecule has 20 heavy (non-hydrogen) atoms. The highest BCUT2D eigenvalue weighted by Gasteiger charge is 2.34. The van der Waals surface area contributed by atoms with Crippen LogP contribution in [0.1, 0.15) is 23.7 Å². The van der Waals surface area contributed by atoms with Crippen LogP contribution in [-0.4, -0.2) is 34.9 Å². The van der Waals surface area contributed by atoms with Crippen LogP contribution in [0.4, 0.5) is 0 Å². The molecule has 104 valence electrons. The number of hydrogen-bond acceptors (Lipinski definition) is 3. The number of likely N-dealkylation sites (tertiary alicyclic amines) is 1. The molecule has 2 N–H and O–H groups in total. The predicted molar refractivity (Wildman–Crippen MR) is 79.4 cm³/mol. The summed E-state index contributed by atoms with van der Waals surface area (Å²) in [5.41, 5.74) is 7.42. The number of pyridine rings is 1. The van der Waals surface area contributed by atoms with Gasteiger partial charge in [0.15, 0.2) is 0 Å². The lowest BCUT2D eigenvalue weighted by molar-refractivity contribution is 0.0729. The van der Waals surface area contributed by atoms with Gasteiger partial charge in [-0.25, -0.2) is 0 Å². The van der Waals surface area contributed by atoms with Gasteiger partial charge >= 0.3 is 0 Å². The Bertz CT molecular complexity index is 635. The van der Waals surface area contributed by atoms with Crippen molar-refractivity contribution in [2.24, 2.45) is 11.7 Å². The van der Waals surface area contributed by atoms with E-state index in [-0.39, 0.29) is 11.9 Å². The Morgan fingerprint density at radius 1 is 1.40 bits per heavy atom. The maximum Gasteiger partial charge on any atom is 0.254 e. The molecule has 0 aliphatic carbocycles. The van der Waals surface area contributed by atoms with Crippen LogP contribution in [0.15, 0.2) is 36.5 Å². The molecule has 2 unspecified atom stereocenters. The molecule has 1 aromatic carbocycles. The summed E-state index contributed by atoms with van der Waals surface area (Å²) in [5.74, 6) is 0.542. The van der Waals surface area contributed by atoms with Crippen molar-refractivity contribution in [3.05, 3.63) is 42.1 Å². The lowest BCUT2D eigenvalue weighted by Crippen LogP contribution is -2.42. The van der Waals surface area contributed by atoms with Crippen LogP contribution < -0.4 is 5.73 Å². The minimum Gasteiger partial charge on any atom is -0.334 e. The first-order valence-corrected chi connectivity index (χ1v) is 7.07. The molecule has 4 heteroatoms. The van der Waals surface area contributed by atoms with E-state index < -0.39 is 0 Å². The standard InChI is InChI=1S/C16H19N3O/c1-11-7-9-19(15(11)10-17)16(20)13-4-2-6-14-12(13)5-3-8-18-14/h2-6,8,11,15H,7,9-10,17H2,1H3. The van der Waals surface area contributed by atoms with Gasteiger partial charge in [-0.3, -0.25) is 9.78 Å². The molecule has 1 saturated heterocycles. The average molecular weight is 269 g/mol. The van der Waals surface area contributed by atoms with Crippen LogP contribution >= 0.6 is 0 Å². The van der Waals surface area contributed by atoms with E-state index in [1.165, 1.54) is 0 Å². The SMILES string of the molecule is CC1CCN(C(=O)c2cccc3ncccc23)C1CN. The Labute approximate surface area is 118 Å². The summed E-state index contributed by atoms with van der Waals surface area (Å²) in [6.07, 6.45) is 2.77. The fourth-order valence-electron chi connectivity index (χ4n) is 3.06. The molecule has 2 aromatic rings. The molecule has 4 nitrogen and oxygen atoms in total. The molecule has 1 amide bonds. The molecule has 0 spiro atoms. The first-order valence-electron chi connectivity index (χ1n) is 7.07. The quantitative estimate of drug-likeness (QED) is 0.907. The fourth-order valence-corrected chi connectivity index (χ4v) is 3.06. The zero-order chi connectivity index (χ0) is 14.1. The number of carbonyl (C=O) groups is 1. The van der Waals surface area contributed by atoms with Gasteiger partial charge in [0.05, 0.1) is 5.52 Å². The second kappa shape index (κ2) is 5.21.